The Bertz CT molecular complexity index is 1180. The van der Waals surface area contributed by atoms with Gasteiger partial charge in [0, 0.05) is 24.7 Å². The van der Waals surface area contributed by atoms with Gasteiger partial charge in [0.2, 0.25) is 0 Å². The molecule has 28 heavy (non-hydrogen) atoms. The standard InChI is InChI=1S/C25H20O3/c26-21-10-9-14-5-3-4-8-20(14)25(21)22(27)13-19-23(25)17-11-15-6-1-2-7-16(15)12-18(17)24(19)28/h1-8,11-12,19,23-24,28H,9-10,13H2/t19-,23-,24-,25?/m1/s1. The molecule has 3 nitrogen and oxygen atoms in total. The molecule has 0 aromatic heterocycles. The molecule has 3 aliphatic rings. The Balaban J connectivity index is 1.67. The van der Waals surface area contributed by atoms with Gasteiger partial charge in [0.25, 0.3) is 0 Å². The van der Waals surface area contributed by atoms with Gasteiger partial charge in [0.05, 0.1) is 6.10 Å². The number of aliphatic hydroxyl groups excluding tert-OH is 1. The van der Waals surface area contributed by atoms with Crippen molar-refractivity contribution in [3.05, 3.63) is 82.9 Å². The van der Waals surface area contributed by atoms with Crippen LogP contribution in [0, 0.1) is 5.92 Å². The molecular weight excluding hydrogens is 348 g/mol. The van der Waals surface area contributed by atoms with Crippen molar-refractivity contribution in [3.63, 3.8) is 0 Å². The predicted octanol–water partition coefficient (Wildman–Crippen LogP) is 4.01. The SMILES string of the molecule is O=C1CCc2ccccc2C12C(=O)C[C@H]1[C@H](O)c3cc4ccccc4cc3[C@H]12. The van der Waals surface area contributed by atoms with Gasteiger partial charge in [-0.3, -0.25) is 9.59 Å². The maximum Gasteiger partial charge on any atom is 0.151 e. The summed E-state index contributed by atoms with van der Waals surface area (Å²) < 4.78 is 0. The van der Waals surface area contributed by atoms with Gasteiger partial charge < -0.3 is 5.11 Å². The average Bonchev–Trinajstić information content (AvgIpc) is 3.16. The van der Waals surface area contributed by atoms with Gasteiger partial charge in [-0.25, -0.2) is 0 Å². The molecule has 4 atom stereocenters. The normalized spacial score (nSPS) is 30.5. The third kappa shape index (κ3) is 1.78. The number of aryl methyl sites for hydroxylation is 1. The lowest BCUT2D eigenvalue weighted by molar-refractivity contribution is -0.134. The predicted molar refractivity (Wildman–Crippen MR) is 106 cm³/mol. The second-order valence-corrected chi connectivity index (χ2v) is 8.43. The Morgan fingerprint density at radius 3 is 2.29 bits per heavy atom. The summed E-state index contributed by atoms with van der Waals surface area (Å²) in [7, 11) is 0. The molecule has 3 heteroatoms. The van der Waals surface area contributed by atoms with Gasteiger partial charge in [-0.05, 0) is 45.5 Å². The van der Waals surface area contributed by atoms with Crippen LogP contribution in [0.1, 0.15) is 47.1 Å². The van der Waals surface area contributed by atoms with Crippen molar-refractivity contribution in [2.45, 2.75) is 36.7 Å². The Morgan fingerprint density at radius 2 is 1.50 bits per heavy atom. The fraction of sp³-hybridized carbons (Fsp3) is 0.280. The molecule has 1 spiro atoms. The number of carbonyl (C=O) groups is 2. The van der Waals surface area contributed by atoms with E-state index in [1.165, 1.54) is 0 Å². The van der Waals surface area contributed by atoms with Crippen LogP contribution in [0.5, 0.6) is 0 Å². The molecule has 1 unspecified atom stereocenters. The molecule has 6 rings (SSSR count). The summed E-state index contributed by atoms with van der Waals surface area (Å²) in [5, 5.41) is 13.3. The van der Waals surface area contributed by atoms with Gasteiger partial charge in [-0.1, -0.05) is 54.6 Å². The largest absolute Gasteiger partial charge is 0.388 e. The van der Waals surface area contributed by atoms with Crippen molar-refractivity contribution in [3.8, 4) is 0 Å². The van der Waals surface area contributed by atoms with Crippen molar-refractivity contribution in [2.75, 3.05) is 0 Å². The molecule has 0 amide bonds. The number of rotatable bonds is 0. The first-order valence-corrected chi connectivity index (χ1v) is 9.98. The molecule has 0 radical (unpaired) electrons. The highest BCUT2D eigenvalue weighted by molar-refractivity contribution is 6.17. The van der Waals surface area contributed by atoms with E-state index in [2.05, 4.69) is 12.1 Å². The van der Waals surface area contributed by atoms with Crippen LogP contribution >= 0.6 is 0 Å². The van der Waals surface area contributed by atoms with E-state index in [1.807, 2.05) is 48.5 Å². The van der Waals surface area contributed by atoms with Crippen LogP contribution < -0.4 is 0 Å². The Labute approximate surface area is 163 Å². The second kappa shape index (κ2) is 5.39. The van der Waals surface area contributed by atoms with E-state index in [-0.39, 0.29) is 29.8 Å². The maximum atomic E-state index is 13.4. The molecule has 0 saturated heterocycles. The minimum Gasteiger partial charge on any atom is -0.388 e. The van der Waals surface area contributed by atoms with E-state index in [0.717, 1.165) is 33.0 Å². The molecular formula is C25H20O3. The van der Waals surface area contributed by atoms with Crippen molar-refractivity contribution < 1.29 is 14.7 Å². The van der Waals surface area contributed by atoms with Crippen LogP contribution in [-0.2, 0) is 21.4 Å². The van der Waals surface area contributed by atoms with Crippen LogP contribution in [0.3, 0.4) is 0 Å². The first-order valence-electron chi connectivity index (χ1n) is 9.98. The third-order valence-electron chi connectivity index (χ3n) is 7.27. The summed E-state index contributed by atoms with van der Waals surface area (Å²) >= 11 is 0. The summed E-state index contributed by atoms with van der Waals surface area (Å²) in [6.45, 7) is 0. The van der Waals surface area contributed by atoms with E-state index in [4.69, 9.17) is 0 Å². The third-order valence-corrected chi connectivity index (χ3v) is 7.27. The quantitative estimate of drug-likeness (QED) is 0.610. The molecule has 1 fully saturated rings. The fourth-order valence-corrected chi connectivity index (χ4v) is 6.14. The number of aliphatic hydroxyl groups is 1. The zero-order valence-corrected chi connectivity index (χ0v) is 15.4. The van der Waals surface area contributed by atoms with Crippen LogP contribution in [-0.4, -0.2) is 16.7 Å². The van der Waals surface area contributed by atoms with Gasteiger partial charge in [0.15, 0.2) is 11.6 Å². The molecule has 0 bridgehead atoms. The first-order chi connectivity index (χ1) is 13.6. The molecule has 3 aliphatic carbocycles. The van der Waals surface area contributed by atoms with Gasteiger partial charge in [-0.15, -0.1) is 0 Å². The topological polar surface area (TPSA) is 54.4 Å². The summed E-state index contributed by atoms with van der Waals surface area (Å²) in [6.07, 6.45) is 0.644. The van der Waals surface area contributed by atoms with Crippen LogP contribution in [0.25, 0.3) is 10.8 Å². The maximum absolute atomic E-state index is 13.4. The zero-order valence-electron chi connectivity index (χ0n) is 15.4. The first kappa shape index (κ1) is 16.2. The number of hydrogen-bond donors (Lipinski definition) is 1. The van der Waals surface area contributed by atoms with Gasteiger partial charge in [0.1, 0.15) is 5.41 Å². The summed E-state index contributed by atoms with van der Waals surface area (Å²) in [5.74, 6) is -0.493. The van der Waals surface area contributed by atoms with Crippen molar-refractivity contribution >= 4 is 22.3 Å². The van der Waals surface area contributed by atoms with E-state index in [0.29, 0.717) is 12.8 Å². The Kier molecular flexibility index (Phi) is 3.12. The molecule has 3 aromatic rings. The summed E-state index contributed by atoms with van der Waals surface area (Å²) in [5.41, 5.74) is 2.70. The van der Waals surface area contributed by atoms with Crippen molar-refractivity contribution in [1.29, 1.82) is 0 Å². The summed E-state index contributed by atoms with van der Waals surface area (Å²) in [6, 6.07) is 20.1. The number of fused-ring (bicyclic) bond motifs is 7. The highest BCUT2D eigenvalue weighted by Gasteiger charge is 2.65. The zero-order chi connectivity index (χ0) is 19.0. The number of Topliss-reactive ketones (excluding diaryl/α,β-unsaturated/α-hetero) is 2. The van der Waals surface area contributed by atoms with E-state index in [1.54, 1.807) is 0 Å². The fourth-order valence-electron chi connectivity index (χ4n) is 6.14. The number of carbonyl (C=O) groups excluding carboxylic acids is 2. The second-order valence-electron chi connectivity index (χ2n) is 8.43. The van der Waals surface area contributed by atoms with E-state index < -0.39 is 11.5 Å². The minimum atomic E-state index is -1.13. The van der Waals surface area contributed by atoms with Crippen LogP contribution in [0.4, 0.5) is 0 Å². The Morgan fingerprint density at radius 1 is 0.821 bits per heavy atom. The number of ketones is 2. The lowest BCUT2D eigenvalue weighted by Crippen LogP contribution is -2.47. The van der Waals surface area contributed by atoms with Crippen LogP contribution in [0.15, 0.2) is 60.7 Å². The van der Waals surface area contributed by atoms with Crippen molar-refractivity contribution in [1.82, 2.24) is 0 Å². The highest BCUT2D eigenvalue weighted by Crippen LogP contribution is 2.63. The van der Waals surface area contributed by atoms with E-state index in [9.17, 15) is 14.7 Å². The average molecular weight is 368 g/mol. The van der Waals surface area contributed by atoms with Crippen LogP contribution in [0.2, 0.25) is 0 Å². The lowest BCUT2D eigenvalue weighted by Gasteiger charge is -2.38. The molecule has 0 aliphatic heterocycles. The minimum absolute atomic E-state index is 0.0162. The smallest absolute Gasteiger partial charge is 0.151 e. The number of benzene rings is 3. The molecule has 1 N–H and O–H groups in total. The molecule has 138 valence electrons. The number of hydrogen-bond acceptors (Lipinski definition) is 3. The monoisotopic (exact) mass is 368 g/mol. The molecule has 0 heterocycles. The Hall–Kier alpha value is -2.78. The van der Waals surface area contributed by atoms with Gasteiger partial charge in [-0.2, -0.15) is 0 Å². The van der Waals surface area contributed by atoms with Gasteiger partial charge >= 0.3 is 0 Å². The lowest BCUT2D eigenvalue weighted by atomic mass is 9.61. The van der Waals surface area contributed by atoms with Crippen molar-refractivity contribution in [2.24, 2.45) is 5.92 Å². The summed E-state index contributed by atoms with van der Waals surface area (Å²) in [4.78, 5) is 26.8. The van der Waals surface area contributed by atoms with E-state index >= 15 is 0 Å². The highest BCUT2D eigenvalue weighted by atomic mass is 16.3. The molecule has 3 aromatic carbocycles. The molecule has 1 saturated carbocycles.